The van der Waals surface area contributed by atoms with Crippen LogP contribution in [0.2, 0.25) is 5.02 Å². The van der Waals surface area contributed by atoms with E-state index in [1.165, 1.54) is 0 Å². The summed E-state index contributed by atoms with van der Waals surface area (Å²) >= 11 is 6.15. The SMILES string of the molecule is Oc1ccc(-c2nc3ccccc3nc2-c2cccc(Cl)c2)cc1.Oc1ccc(-c2nc3ccccc3nc2-c2ccccc2)cc1. The Morgan fingerprint density at radius 1 is 0.340 bits per heavy atom. The van der Waals surface area contributed by atoms with Gasteiger partial charge in [-0.2, -0.15) is 0 Å². The molecule has 0 unspecified atom stereocenters. The molecule has 2 heterocycles. The minimum atomic E-state index is 0.219. The van der Waals surface area contributed by atoms with Crippen LogP contribution < -0.4 is 0 Å². The Morgan fingerprint density at radius 2 is 0.681 bits per heavy atom. The smallest absolute Gasteiger partial charge is 0.115 e. The van der Waals surface area contributed by atoms with Crippen LogP contribution in [0.3, 0.4) is 0 Å². The number of aromatic nitrogens is 4. The highest BCUT2D eigenvalue weighted by Crippen LogP contribution is 2.33. The van der Waals surface area contributed by atoms with E-state index in [9.17, 15) is 10.2 Å². The third kappa shape index (κ3) is 6.50. The molecule has 0 saturated carbocycles. The van der Waals surface area contributed by atoms with Gasteiger partial charge in [0.25, 0.3) is 0 Å². The number of phenolic OH excluding ortho intramolecular Hbond substituents is 2. The summed E-state index contributed by atoms with van der Waals surface area (Å²) in [6, 6.07) is 47.2. The summed E-state index contributed by atoms with van der Waals surface area (Å²) in [4.78, 5) is 19.2. The van der Waals surface area contributed by atoms with Crippen molar-refractivity contribution in [3.63, 3.8) is 0 Å². The first-order chi connectivity index (χ1) is 23.0. The molecule has 0 bridgehead atoms. The van der Waals surface area contributed by atoms with Crippen molar-refractivity contribution in [3.8, 4) is 56.5 Å². The van der Waals surface area contributed by atoms with E-state index in [1.807, 2.05) is 127 Å². The highest BCUT2D eigenvalue weighted by Gasteiger charge is 2.14. The third-order valence-corrected chi connectivity index (χ3v) is 7.80. The maximum Gasteiger partial charge on any atom is 0.115 e. The molecule has 47 heavy (non-hydrogen) atoms. The van der Waals surface area contributed by atoms with Crippen molar-refractivity contribution in [2.75, 3.05) is 0 Å². The fraction of sp³-hybridized carbons (Fsp3) is 0. The van der Waals surface area contributed by atoms with Crippen LogP contribution in [0.1, 0.15) is 0 Å². The first-order valence-corrected chi connectivity index (χ1v) is 15.3. The summed E-state index contributed by atoms with van der Waals surface area (Å²) < 4.78 is 0. The molecule has 6 nitrogen and oxygen atoms in total. The van der Waals surface area contributed by atoms with Crippen LogP contribution >= 0.6 is 11.6 Å². The number of rotatable bonds is 4. The van der Waals surface area contributed by atoms with E-state index in [4.69, 9.17) is 31.5 Å². The number of halogens is 1. The molecule has 0 atom stereocenters. The average molecular weight is 631 g/mol. The van der Waals surface area contributed by atoms with Crippen molar-refractivity contribution in [1.29, 1.82) is 0 Å². The van der Waals surface area contributed by atoms with Crippen LogP contribution in [-0.4, -0.2) is 30.1 Å². The number of phenols is 2. The third-order valence-electron chi connectivity index (χ3n) is 7.57. The average Bonchev–Trinajstić information content (AvgIpc) is 3.12. The number of aromatic hydroxyl groups is 2. The lowest BCUT2D eigenvalue weighted by Gasteiger charge is -2.11. The number of benzene rings is 6. The quantitative estimate of drug-likeness (QED) is 0.201. The van der Waals surface area contributed by atoms with E-state index in [0.29, 0.717) is 5.02 Å². The fourth-order valence-electron chi connectivity index (χ4n) is 5.28. The Labute approximate surface area is 276 Å². The first-order valence-electron chi connectivity index (χ1n) is 15.0. The molecule has 0 aliphatic carbocycles. The fourth-order valence-corrected chi connectivity index (χ4v) is 5.47. The van der Waals surface area contributed by atoms with Gasteiger partial charge in [0.2, 0.25) is 0 Å². The molecule has 8 aromatic rings. The van der Waals surface area contributed by atoms with Crippen LogP contribution in [0.15, 0.2) is 152 Å². The summed E-state index contributed by atoms with van der Waals surface area (Å²) in [5.74, 6) is 0.459. The summed E-state index contributed by atoms with van der Waals surface area (Å²) in [6.45, 7) is 0. The normalized spacial score (nSPS) is 10.8. The largest absolute Gasteiger partial charge is 0.508 e. The van der Waals surface area contributed by atoms with Crippen molar-refractivity contribution in [2.45, 2.75) is 0 Å². The Bertz CT molecular complexity index is 2330. The molecular weight excluding hydrogens is 604 g/mol. The second kappa shape index (κ2) is 13.1. The number of fused-ring (bicyclic) bond motifs is 2. The van der Waals surface area contributed by atoms with Gasteiger partial charge in [-0.15, -0.1) is 0 Å². The van der Waals surface area contributed by atoms with Crippen molar-refractivity contribution in [1.82, 2.24) is 19.9 Å². The van der Waals surface area contributed by atoms with Gasteiger partial charge in [0.15, 0.2) is 0 Å². The number of hydrogen-bond acceptors (Lipinski definition) is 6. The van der Waals surface area contributed by atoms with Crippen molar-refractivity contribution in [3.05, 3.63) is 157 Å². The summed E-state index contributed by atoms with van der Waals surface area (Å²) in [7, 11) is 0. The topological polar surface area (TPSA) is 92.0 Å². The standard InChI is InChI=1S/C20H13ClN2O.C20H14N2O/c21-15-5-3-4-14(12-15)20-19(13-8-10-16(24)11-9-13)22-17-6-1-2-7-18(17)23-20;23-16-12-10-15(11-13-16)20-19(14-6-2-1-3-7-14)21-17-8-4-5-9-18(17)22-20/h1-12,24H;1-13,23H. The lowest BCUT2D eigenvalue weighted by atomic mass is 10.0. The highest BCUT2D eigenvalue weighted by atomic mass is 35.5. The molecule has 0 fully saturated rings. The molecule has 0 spiro atoms. The Balaban J connectivity index is 0.000000150. The second-order valence-corrected chi connectivity index (χ2v) is 11.2. The molecule has 6 aromatic carbocycles. The molecule has 7 heteroatoms. The van der Waals surface area contributed by atoms with Crippen LogP contribution in [-0.2, 0) is 0 Å². The molecule has 2 N–H and O–H groups in total. The van der Waals surface area contributed by atoms with Gasteiger partial charge < -0.3 is 10.2 Å². The van der Waals surface area contributed by atoms with Gasteiger partial charge in [0, 0.05) is 27.3 Å². The minimum Gasteiger partial charge on any atom is -0.508 e. The summed E-state index contributed by atoms with van der Waals surface area (Å²) in [5.41, 5.74) is 10.3. The number of hydrogen-bond donors (Lipinski definition) is 2. The zero-order valence-electron chi connectivity index (χ0n) is 25.0. The van der Waals surface area contributed by atoms with Gasteiger partial charge in [-0.05, 0) is 84.9 Å². The minimum absolute atomic E-state index is 0.219. The van der Waals surface area contributed by atoms with Gasteiger partial charge in [-0.25, -0.2) is 19.9 Å². The summed E-state index contributed by atoms with van der Waals surface area (Å²) in [6.07, 6.45) is 0. The van der Waals surface area contributed by atoms with Crippen molar-refractivity contribution in [2.24, 2.45) is 0 Å². The van der Waals surface area contributed by atoms with E-state index in [-0.39, 0.29) is 11.5 Å². The number of para-hydroxylation sites is 4. The van der Waals surface area contributed by atoms with Crippen LogP contribution in [0.4, 0.5) is 0 Å². The van der Waals surface area contributed by atoms with Gasteiger partial charge in [0.1, 0.15) is 11.5 Å². The monoisotopic (exact) mass is 630 g/mol. The van der Waals surface area contributed by atoms with Crippen molar-refractivity contribution >= 4 is 33.7 Å². The maximum absolute atomic E-state index is 9.54. The lowest BCUT2D eigenvalue weighted by molar-refractivity contribution is 0.475. The number of nitrogens with zero attached hydrogens (tertiary/aromatic N) is 4. The Morgan fingerprint density at radius 3 is 1.09 bits per heavy atom. The molecule has 0 saturated heterocycles. The van der Waals surface area contributed by atoms with E-state index < -0.39 is 0 Å². The lowest BCUT2D eigenvalue weighted by Crippen LogP contribution is -1.95. The van der Waals surface area contributed by atoms with Gasteiger partial charge in [-0.3, -0.25) is 0 Å². The Hall–Kier alpha value is -6.11. The molecule has 226 valence electrons. The molecule has 0 aliphatic rings. The molecule has 2 aromatic heterocycles. The second-order valence-electron chi connectivity index (χ2n) is 10.8. The predicted octanol–water partition coefficient (Wildman–Crippen LogP) is 9.99. The maximum atomic E-state index is 9.54. The van der Waals surface area contributed by atoms with E-state index in [2.05, 4.69) is 0 Å². The van der Waals surface area contributed by atoms with Gasteiger partial charge in [0.05, 0.1) is 44.8 Å². The predicted molar refractivity (Wildman–Crippen MR) is 189 cm³/mol. The summed E-state index contributed by atoms with van der Waals surface area (Å²) in [5, 5.41) is 19.7. The molecule has 0 radical (unpaired) electrons. The first kappa shape index (κ1) is 29.6. The van der Waals surface area contributed by atoms with Crippen LogP contribution in [0.25, 0.3) is 67.1 Å². The van der Waals surface area contributed by atoms with Gasteiger partial charge >= 0.3 is 0 Å². The van der Waals surface area contributed by atoms with E-state index >= 15 is 0 Å². The Kier molecular flexibility index (Phi) is 8.24. The molecular formula is C40H27ClN4O2. The molecule has 0 amide bonds. The van der Waals surface area contributed by atoms with E-state index in [0.717, 1.165) is 67.1 Å². The molecule has 0 aliphatic heterocycles. The van der Waals surface area contributed by atoms with Gasteiger partial charge in [-0.1, -0.05) is 78.3 Å². The zero-order chi connectivity index (χ0) is 32.2. The van der Waals surface area contributed by atoms with Crippen molar-refractivity contribution < 1.29 is 10.2 Å². The van der Waals surface area contributed by atoms with Crippen LogP contribution in [0.5, 0.6) is 11.5 Å². The zero-order valence-corrected chi connectivity index (χ0v) is 25.8. The highest BCUT2D eigenvalue weighted by molar-refractivity contribution is 6.30. The van der Waals surface area contributed by atoms with E-state index in [1.54, 1.807) is 24.3 Å². The van der Waals surface area contributed by atoms with Crippen LogP contribution in [0, 0.1) is 0 Å². The molecule has 8 rings (SSSR count).